The van der Waals surface area contributed by atoms with E-state index in [0.717, 1.165) is 11.1 Å². The smallest absolute Gasteiger partial charge is 0.338 e. The summed E-state index contributed by atoms with van der Waals surface area (Å²) in [7, 11) is -3.65. The summed E-state index contributed by atoms with van der Waals surface area (Å²) in [6.45, 7) is 4.35. The van der Waals surface area contributed by atoms with Gasteiger partial charge in [0.05, 0.1) is 21.7 Å². The molecule has 8 heteroatoms. The van der Waals surface area contributed by atoms with Crippen molar-refractivity contribution in [2.75, 3.05) is 6.54 Å². The van der Waals surface area contributed by atoms with Gasteiger partial charge in [-0.3, -0.25) is 0 Å². The van der Waals surface area contributed by atoms with E-state index in [0.29, 0.717) is 31.0 Å². The van der Waals surface area contributed by atoms with Gasteiger partial charge in [-0.25, -0.2) is 13.2 Å². The Kier molecular flexibility index (Phi) is 5.44. The zero-order valence-corrected chi connectivity index (χ0v) is 17.6. The highest BCUT2D eigenvalue weighted by molar-refractivity contribution is 7.89. The first kappa shape index (κ1) is 20.3. The van der Waals surface area contributed by atoms with Crippen LogP contribution >= 0.6 is 0 Å². The van der Waals surface area contributed by atoms with E-state index in [4.69, 9.17) is 9.26 Å². The molecular weight excluding hydrogens is 404 g/mol. The van der Waals surface area contributed by atoms with Gasteiger partial charge in [0.2, 0.25) is 10.0 Å². The third-order valence-electron chi connectivity index (χ3n) is 5.35. The van der Waals surface area contributed by atoms with Crippen molar-refractivity contribution in [3.05, 3.63) is 82.2 Å². The second-order valence-electron chi connectivity index (χ2n) is 7.26. The van der Waals surface area contributed by atoms with Crippen molar-refractivity contribution < 1.29 is 22.5 Å². The molecule has 0 bridgehead atoms. The summed E-state index contributed by atoms with van der Waals surface area (Å²) in [5, 5.41) is 3.83. The molecule has 3 aromatic rings. The molecule has 1 aliphatic heterocycles. The molecule has 0 saturated carbocycles. The SMILES string of the molecule is Cc1noc(C)c1COC(=O)c1ccc(S(=O)(=O)N2CCc3ccccc3C2)cc1. The fourth-order valence-corrected chi connectivity index (χ4v) is 4.93. The van der Waals surface area contributed by atoms with Gasteiger partial charge in [0.1, 0.15) is 12.4 Å². The minimum absolute atomic E-state index is 0.0488. The predicted octanol–water partition coefficient (Wildman–Crippen LogP) is 3.40. The number of hydrogen-bond acceptors (Lipinski definition) is 6. The summed E-state index contributed by atoms with van der Waals surface area (Å²) in [6, 6.07) is 13.7. The van der Waals surface area contributed by atoms with E-state index in [-0.39, 0.29) is 17.1 Å². The molecule has 4 rings (SSSR count). The van der Waals surface area contributed by atoms with Crippen molar-refractivity contribution in [3.8, 4) is 0 Å². The highest BCUT2D eigenvalue weighted by Crippen LogP contribution is 2.25. The first-order chi connectivity index (χ1) is 14.4. The normalized spacial score (nSPS) is 14.3. The van der Waals surface area contributed by atoms with E-state index < -0.39 is 16.0 Å². The molecule has 0 amide bonds. The molecule has 0 aliphatic carbocycles. The number of esters is 1. The Morgan fingerprint density at radius 1 is 1.10 bits per heavy atom. The van der Waals surface area contributed by atoms with E-state index in [1.807, 2.05) is 24.3 Å². The monoisotopic (exact) mass is 426 g/mol. The van der Waals surface area contributed by atoms with E-state index in [2.05, 4.69) is 5.16 Å². The molecule has 2 heterocycles. The fourth-order valence-electron chi connectivity index (χ4n) is 3.52. The lowest BCUT2D eigenvalue weighted by atomic mass is 10.0. The maximum atomic E-state index is 13.0. The molecule has 1 aliphatic rings. The minimum Gasteiger partial charge on any atom is -0.457 e. The fraction of sp³-hybridized carbons (Fsp3) is 0.273. The molecule has 30 heavy (non-hydrogen) atoms. The number of carbonyl (C=O) groups is 1. The van der Waals surface area contributed by atoms with E-state index in [9.17, 15) is 13.2 Å². The topological polar surface area (TPSA) is 89.7 Å². The molecule has 0 N–H and O–H groups in total. The molecule has 1 aromatic heterocycles. The van der Waals surface area contributed by atoms with E-state index >= 15 is 0 Å². The van der Waals surface area contributed by atoms with Gasteiger partial charge in [0.15, 0.2) is 0 Å². The molecule has 0 radical (unpaired) electrons. The van der Waals surface area contributed by atoms with Crippen LogP contribution in [-0.4, -0.2) is 30.4 Å². The van der Waals surface area contributed by atoms with Gasteiger partial charge < -0.3 is 9.26 Å². The molecule has 0 fully saturated rings. The van der Waals surface area contributed by atoms with Crippen LogP contribution in [0.5, 0.6) is 0 Å². The van der Waals surface area contributed by atoms with Crippen molar-refractivity contribution >= 4 is 16.0 Å². The lowest BCUT2D eigenvalue weighted by Crippen LogP contribution is -2.35. The van der Waals surface area contributed by atoms with Crippen LogP contribution in [0, 0.1) is 13.8 Å². The Hall–Kier alpha value is -2.97. The van der Waals surface area contributed by atoms with Crippen LogP contribution in [0.1, 0.15) is 38.5 Å². The molecule has 2 aromatic carbocycles. The number of rotatable bonds is 5. The van der Waals surface area contributed by atoms with Crippen molar-refractivity contribution in [3.63, 3.8) is 0 Å². The second kappa shape index (κ2) is 8.04. The van der Waals surface area contributed by atoms with Gasteiger partial charge >= 0.3 is 5.97 Å². The van der Waals surface area contributed by atoms with Gasteiger partial charge in [0.25, 0.3) is 0 Å². The zero-order chi connectivity index (χ0) is 21.3. The third kappa shape index (κ3) is 3.88. The summed E-state index contributed by atoms with van der Waals surface area (Å²) in [5.41, 5.74) is 3.88. The highest BCUT2D eigenvalue weighted by atomic mass is 32.2. The summed E-state index contributed by atoms with van der Waals surface area (Å²) in [4.78, 5) is 12.5. The number of ether oxygens (including phenoxy) is 1. The van der Waals surface area contributed by atoms with Crippen LogP contribution in [0.25, 0.3) is 0 Å². The van der Waals surface area contributed by atoms with Gasteiger partial charge in [-0.15, -0.1) is 0 Å². The molecular formula is C22H22N2O5S. The average Bonchev–Trinajstić information content (AvgIpc) is 3.09. The molecule has 156 valence electrons. The van der Waals surface area contributed by atoms with Crippen molar-refractivity contribution in [1.29, 1.82) is 0 Å². The minimum atomic E-state index is -3.65. The Bertz CT molecular complexity index is 1160. The number of carbonyl (C=O) groups excluding carboxylic acids is 1. The number of hydrogen-bond donors (Lipinski definition) is 0. The van der Waals surface area contributed by atoms with Gasteiger partial charge in [0, 0.05) is 13.1 Å². The Labute approximate surface area is 175 Å². The third-order valence-corrected chi connectivity index (χ3v) is 7.21. The first-order valence-corrected chi connectivity index (χ1v) is 11.1. The number of nitrogens with zero attached hydrogens (tertiary/aromatic N) is 2. The second-order valence-corrected chi connectivity index (χ2v) is 9.20. The lowest BCUT2D eigenvalue weighted by Gasteiger charge is -2.28. The maximum Gasteiger partial charge on any atom is 0.338 e. The average molecular weight is 426 g/mol. The van der Waals surface area contributed by atoms with E-state index in [1.165, 1.54) is 34.1 Å². The Morgan fingerprint density at radius 3 is 2.47 bits per heavy atom. The number of aryl methyl sites for hydroxylation is 2. The quantitative estimate of drug-likeness (QED) is 0.581. The standard InChI is InChI=1S/C22H22N2O5S/c1-15-21(16(2)29-23-15)14-28-22(25)18-7-9-20(10-8-18)30(26,27)24-12-11-17-5-3-4-6-19(17)13-24/h3-10H,11-14H2,1-2H3. The van der Waals surface area contributed by atoms with Crippen LogP contribution in [0.15, 0.2) is 57.9 Å². The first-order valence-electron chi connectivity index (χ1n) is 9.62. The van der Waals surface area contributed by atoms with Crippen LogP contribution in [0.4, 0.5) is 0 Å². The number of benzene rings is 2. The van der Waals surface area contributed by atoms with Gasteiger partial charge in [-0.1, -0.05) is 29.4 Å². The van der Waals surface area contributed by atoms with Crippen molar-refractivity contribution in [2.45, 2.75) is 38.3 Å². The number of sulfonamides is 1. The maximum absolute atomic E-state index is 13.0. The summed E-state index contributed by atoms with van der Waals surface area (Å²) >= 11 is 0. The Balaban J connectivity index is 1.45. The van der Waals surface area contributed by atoms with Crippen LogP contribution < -0.4 is 0 Å². The van der Waals surface area contributed by atoms with Crippen molar-refractivity contribution in [1.82, 2.24) is 9.46 Å². The van der Waals surface area contributed by atoms with Crippen molar-refractivity contribution in [2.24, 2.45) is 0 Å². The zero-order valence-electron chi connectivity index (χ0n) is 16.8. The molecule has 0 spiro atoms. The van der Waals surface area contributed by atoms with Crippen LogP contribution in [0.2, 0.25) is 0 Å². The molecule has 0 unspecified atom stereocenters. The largest absolute Gasteiger partial charge is 0.457 e. The van der Waals surface area contributed by atoms with Gasteiger partial charge in [-0.05, 0) is 55.7 Å². The van der Waals surface area contributed by atoms with Crippen LogP contribution in [0.3, 0.4) is 0 Å². The Morgan fingerprint density at radius 2 is 1.80 bits per heavy atom. The summed E-state index contributed by atoms with van der Waals surface area (Å²) < 4.78 is 37.9. The highest BCUT2D eigenvalue weighted by Gasteiger charge is 2.28. The molecule has 0 atom stereocenters. The number of fused-ring (bicyclic) bond motifs is 1. The predicted molar refractivity (Wildman–Crippen MR) is 109 cm³/mol. The molecule has 7 nitrogen and oxygen atoms in total. The van der Waals surface area contributed by atoms with Crippen LogP contribution in [-0.2, 0) is 34.3 Å². The van der Waals surface area contributed by atoms with E-state index in [1.54, 1.807) is 13.8 Å². The summed E-state index contributed by atoms with van der Waals surface area (Å²) in [6.07, 6.45) is 0.682. The summed E-state index contributed by atoms with van der Waals surface area (Å²) in [5.74, 6) is 0.0655. The lowest BCUT2D eigenvalue weighted by molar-refractivity contribution is 0.0470. The van der Waals surface area contributed by atoms with Gasteiger partial charge in [-0.2, -0.15) is 4.31 Å². The number of aromatic nitrogens is 1. The molecule has 0 saturated heterocycles.